The van der Waals surface area contributed by atoms with Crippen LogP contribution < -0.4 is 10.1 Å². The maximum Gasteiger partial charge on any atom is 0.433 e. The van der Waals surface area contributed by atoms with Gasteiger partial charge in [0.2, 0.25) is 0 Å². The maximum absolute atomic E-state index is 11.1. The standard InChI is InChI=1S/C12H18O2.C11H20N2O4.C7H12O3/c1-4-11-6-8-12(9-7-11)14-10(3)13-5-2;1-5-9(4)13-17-11(15)12-6-7-16-10(14)8(2)3;1-5(2)7(8)10-4-6-3-9-6/h6-10H,4-5H2,1-3H3;8H,5-7H2,1-4H3,(H,12,15);5-6H,3-4H2,1-2H3/b;13-9+;. The molecule has 1 aliphatic rings. The van der Waals surface area contributed by atoms with Crippen molar-refractivity contribution in [1.82, 2.24) is 5.32 Å². The molecule has 1 heterocycles. The molecular formula is C30H50N2O9. The van der Waals surface area contributed by atoms with Crippen LogP contribution in [0.5, 0.6) is 5.75 Å². The number of nitrogens with one attached hydrogen (secondary N) is 1. The summed E-state index contributed by atoms with van der Waals surface area (Å²) >= 11 is 0. The molecule has 2 rings (SSSR count). The average Bonchev–Trinajstić information content (AvgIpc) is 3.78. The smallest absolute Gasteiger partial charge is 0.433 e. The molecule has 1 N–H and O–H groups in total. The van der Waals surface area contributed by atoms with Gasteiger partial charge in [0.05, 0.1) is 30.7 Å². The minimum absolute atomic E-state index is 0.0289. The van der Waals surface area contributed by atoms with Gasteiger partial charge in [-0.25, -0.2) is 4.79 Å². The predicted molar refractivity (Wildman–Crippen MR) is 157 cm³/mol. The number of oxime groups is 1. The van der Waals surface area contributed by atoms with Gasteiger partial charge in [0.1, 0.15) is 25.1 Å². The zero-order valence-corrected chi connectivity index (χ0v) is 26.2. The molecule has 1 aliphatic heterocycles. The first-order valence-corrected chi connectivity index (χ1v) is 14.2. The summed E-state index contributed by atoms with van der Waals surface area (Å²) in [5.41, 5.74) is 2.05. The highest BCUT2D eigenvalue weighted by Crippen LogP contribution is 2.14. The lowest BCUT2D eigenvalue weighted by Crippen LogP contribution is -2.28. The molecule has 1 fully saturated rings. The number of amides is 1. The van der Waals surface area contributed by atoms with Crippen LogP contribution in [0.3, 0.4) is 0 Å². The average molecular weight is 583 g/mol. The number of ether oxygens (including phenoxy) is 5. The molecule has 1 saturated heterocycles. The summed E-state index contributed by atoms with van der Waals surface area (Å²) in [5, 5.41) is 5.99. The first-order valence-electron chi connectivity index (χ1n) is 14.2. The topological polar surface area (TPSA) is 134 Å². The van der Waals surface area contributed by atoms with Gasteiger partial charge in [-0.15, -0.1) is 0 Å². The third kappa shape index (κ3) is 21.3. The Bertz CT molecular complexity index is 898. The van der Waals surface area contributed by atoms with Crippen LogP contribution in [0.4, 0.5) is 4.79 Å². The quantitative estimate of drug-likeness (QED) is 0.0590. The van der Waals surface area contributed by atoms with Crippen LogP contribution in [-0.2, 0) is 39.8 Å². The van der Waals surface area contributed by atoms with Gasteiger partial charge in [-0.2, -0.15) is 0 Å². The van der Waals surface area contributed by atoms with Crippen molar-refractivity contribution < 1.29 is 42.9 Å². The van der Waals surface area contributed by atoms with Gasteiger partial charge in [0, 0.05) is 6.61 Å². The Morgan fingerprint density at radius 2 is 1.56 bits per heavy atom. The minimum atomic E-state index is -0.654. The van der Waals surface area contributed by atoms with E-state index in [0.717, 1.165) is 30.9 Å². The molecule has 41 heavy (non-hydrogen) atoms. The highest BCUT2D eigenvalue weighted by molar-refractivity contribution is 5.81. The Labute approximate surface area is 245 Å². The molecule has 11 nitrogen and oxygen atoms in total. The minimum Gasteiger partial charge on any atom is -0.465 e. The molecule has 0 aliphatic carbocycles. The van der Waals surface area contributed by atoms with E-state index in [2.05, 4.69) is 34.4 Å². The number of nitrogens with zero attached hydrogens (tertiary/aromatic N) is 1. The highest BCUT2D eigenvalue weighted by Gasteiger charge is 2.24. The third-order valence-corrected chi connectivity index (χ3v) is 5.20. The van der Waals surface area contributed by atoms with E-state index < -0.39 is 6.09 Å². The molecule has 0 spiro atoms. The van der Waals surface area contributed by atoms with Crippen molar-refractivity contribution in [3.63, 3.8) is 0 Å². The van der Waals surface area contributed by atoms with Crippen molar-refractivity contribution in [2.45, 2.75) is 87.5 Å². The van der Waals surface area contributed by atoms with Gasteiger partial charge >= 0.3 is 18.0 Å². The Hall–Kier alpha value is -3.18. The molecular weight excluding hydrogens is 532 g/mol. The number of hydrogen-bond donors (Lipinski definition) is 1. The number of esters is 2. The maximum atomic E-state index is 11.1. The number of aryl methyl sites for hydroxylation is 1. The second kappa shape index (κ2) is 22.5. The molecule has 234 valence electrons. The second-order valence-electron chi connectivity index (χ2n) is 9.69. The van der Waals surface area contributed by atoms with Crippen LogP contribution in [0.15, 0.2) is 29.4 Å². The number of carbonyl (C=O) groups excluding carboxylic acids is 3. The molecule has 11 heteroatoms. The zero-order chi connectivity index (χ0) is 31.2. The number of epoxide rings is 1. The molecule has 2 atom stereocenters. The molecule has 1 aromatic carbocycles. The lowest BCUT2D eigenvalue weighted by molar-refractivity contribution is -0.148. The van der Waals surface area contributed by atoms with Gasteiger partial charge < -0.3 is 29.0 Å². The fourth-order valence-electron chi connectivity index (χ4n) is 2.46. The van der Waals surface area contributed by atoms with Crippen molar-refractivity contribution in [2.24, 2.45) is 17.0 Å². The van der Waals surface area contributed by atoms with Crippen LogP contribution in [0.25, 0.3) is 0 Å². The molecule has 0 aromatic heterocycles. The van der Waals surface area contributed by atoms with Crippen molar-refractivity contribution in [3.8, 4) is 5.75 Å². The predicted octanol–water partition coefficient (Wildman–Crippen LogP) is 5.29. The fourth-order valence-corrected chi connectivity index (χ4v) is 2.46. The Balaban J connectivity index is 0.000000603. The van der Waals surface area contributed by atoms with E-state index in [1.54, 1.807) is 20.8 Å². The summed E-state index contributed by atoms with van der Waals surface area (Å²) < 4.78 is 25.4. The summed E-state index contributed by atoms with van der Waals surface area (Å²) in [6.07, 6.45) is 1.13. The lowest BCUT2D eigenvalue weighted by Gasteiger charge is -2.14. The zero-order valence-electron chi connectivity index (χ0n) is 26.2. The Morgan fingerprint density at radius 3 is 2.05 bits per heavy atom. The SMILES string of the molecule is CC(C)C(=O)OCC1CO1.CC/C(C)=N/OC(=O)NCCOC(=O)C(C)C.CCOC(C)Oc1ccc(CC)cc1. The van der Waals surface area contributed by atoms with Gasteiger partial charge in [0.25, 0.3) is 0 Å². The summed E-state index contributed by atoms with van der Waals surface area (Å²) in [6, 6.07) is 8.12. The number of benzene rings is 1. The fraction of sp³-hybridized carbons (Fsp3) is 0.667. The molecule has 1 aromatic rings. The molecule has 0 bridgehead atoms. The third-order valence-electron chi connectivity index (χ3n) is 5.20. The normalized spacial score (nSPS) is 14.5. The summed E-state index contributed by atoms with van der Waals surface area (Å²) in [4.78, 5) is 37.5. The van der Waals surface area contributed by atoms with Crippen LogP contribution in [0.1, 0.15) is 74.3 Å². The van der Waals surface area contributed by atoms with Crippen molar-refractivity contribution in [3.05, 3.63) is 29.8 Å². The van der Waals surface area contributed by atoms with Gasteiger partial charge in [-0.05, 0) is 51.3 Å². The van der Waals surface area contributed by atoms with Crippen LogP contribution in [0, 0.1) is 11.8 Å². The number of rotatable bonds is 14. The molecule has 1 amide bonds. The van der Waals surface area contributed by atoms with E-state index in [0.29, 0.717) is 13.2 Å². The van der Waals surface area contributed by atoms with E-state index in [1.807, 2.05) is 46.8 Å². The lowest BCUT2D eigenvalue weighted by atomic mass is 10.2. The number of hydrogen-bond acceptors (Lipinski definition) is 10. The van der Waals surface area contributed by atoms with E-state index in [1.165, 1.54) is 5.56 Å². The summed E-state index contributed by atoms with van der Waals surface area (Å²) in [6.45, 7) is 19.0. The van der Waals surface area contributed by atoms with Gasteiger partial charge in [-0.3, -0.25) is 14.4 Å². The number of carbonyl (C=O) groups is 3. The van der Waals surface area contributed by atoms with Crippen LogP contribution in [0.2, 0.25) is 0 Å². The van der Waals surface area contributed by atoms with Crippen molar-refractivity contribution in [1.29, 1.82) is 0 Å². The van der Waals surface area contributed by atoms with E-state index in [4.69, 9.17) is 23.7 Å². The molecule has 0 radical (unpaired) electrons. The van der Waals surface area contributed by atoms with Gasteiger partial charge in [0.15, 0.2) is 6.29 Å². The van der Waals surface area contributed by atoms with E-state index in [9.17, 15) is 14.4 Å². The summed E-state index contributed by atoms with van der Waals surface area (Å²) in [5.74, 6) is 0.233. The first kappa shape index (κ1) is 37.8. The van der Waals surface area contributed by atoms with E-state index >= 15 is 0 Å². The van der Waals surface area contributed by atoms with Gasteiger partial charge in [-0.1, -0.05) is 58.8 Å². The monoisotopic (exact) mass is 582 g/mol. The molecule has 2 unspecified atom stereocenters. The first-order chi connectivity index (χ1) is 19.4. The largest absolute Gasteiger partial charge is 0.465 e. The highest BCUT2D eigenvalue weighted by atomic mass is 16.7. The summed E-state index contributed by atoms with van der Waals surface area (Å²) in [7, 11) is 0. The second-order valence-corrected chi connectivity index (χ2v) is 9.69. The van der Waals surface area contributed by atoms with Crippen LogP contribution >= 0.6 is 0 Å². The van der Waals surface area contributed by atoms with Crippen molar-refractivity contribution in [2.75, 3.05) is 33.0 Å². The van der Waals surface area contributed by atoms with E-state index in [-0.39, 0.29) is 49.3 Å². The Morgan fingerprint density at radius 1 is 0.976 bits per heavy atom. The Kier molecular flexibility index (Phi) is 20.8. The van der Waals surface area contributed by atoms with Crippen molar-refractivity contribution >= 4 is 23.7 Å². The van der Waals surface area contributed by atoms with Crippen LogP contribution in [-0.4, -0.2) is 69.1 Å². The molecule has 0 saturated carbocycles.